The molecule has 0 amide bonds. The highest BCUT2D eigenvalue weighted by Gasteiger charge is 2.20. The summed E-state index contributed by atoms with van der Waals surface area (Å²) in [4.78, 5) is 0. The van der Waals surface area contributed by atoms with Gasteiger partial charge in [0.2, 0.25) is 0 Å². The second-order valence-electron chi connectivity index (χ2n) is 13.7. The van der Waals surface area contributed by atoms with Crippen molar-refractivity contribution in [3.05, 3.63) is 199 Å². The van der Waals surface area contributed by atoms with E-state index in [-0.39, 0.29) is 5.92 Å². The molecule has 10 aromatic rings. The van der Waals surface area contributed by atoms with Crippen LogP contribution in [0.25, 0.3) is 71.3 Å². The van der Waals surface area contributed by atoms with Crippen molar-refractivity contribution in [2.45, 2.75) is 18.8 Å². The van der Waals surface area contributed by atoms with Crippen LogP contribution in [0.3, 0.4) is 0 Å². The van der Waals surface area contributed by atoms with Crippen LogP contribution in [0, 0.1) is 0 Å². The predicted molar refractivity (Wildman–Crippen MR) is 214 cm³/mol. The van der Waals surface area contributed by atoms with Crippen molar-refractivity contribution in [2.24, 2.45) is 0 Å². The molecule has 0 spiro atoms. The quantitative estimate of drug-likeness (QED) is 0.167. The lowest BCUT2D eigenvalue weighted by molar-refractivity contribution is 0.666. The largest absolute Gasteiger partial charge is 0.456 e. The highest BCUT2D eigenvalue weighted by Crippen LogP contribution is 2.39. The summed E-state index contributed by atoms with van der Waals surface area (Å²) in [7, 11) is 0. The maximum absolute atomic E-state index is 6.28. The molecule has 0 aliphatic heterocycles. The molecule has 0 radical (unpaired) electrons. The topological polar surface area (TPSA) is 18.1 Å². The fraction of sp³-hybridized carbons (Fsp3) is 0.0612. The van der Waals surface area contributed by atoms with Crippen LogP contribution in [0.15, 0.2) is 186 Å². The minimum absolute atomic E-state index is 0.201. The molecule has 51 heavy (non-hydrogen) atoms. The van der Waals surface area contributed by atoms with Gasteiger partial charge in [0.15, 0.2) is 0 Å². The molecular weight excluding hydrogens is 619 g/mol. The standard InChI is InChI=1S/C49H35NO/c1-3-11-34(12-4-1)35-21-23-36(24-22-35)41(26-19-33-20-27-44-43-17-9-10-18-48(43)51-49(44)29-33)39-25-28-42-45-30-37-13-7-8-14-38(37)31-47(45)50(46(42)32-39)40-15-5-2-6-16-40/h1-18,20-25,27-32,41H,19,26H2. The van der Waals surface area contributed by atoms with Crippen molar-refractivity contribution in [3.63, 3.8) is 0 Å². The Bertz CT molecular complexity index is 2840. The Labute approximate surface area is 296 Å². The van der Waals surface area contributed by atoms with E-state index >= 15 is 0 Å². The maximum atomic E-state index is 6.28. The first-order valence-corrected chi connectivity index (χ1v) is 17.8. The van der Waals surface area contributed by atoms with Gasteiger partial charge in [0.05, 0.1) is 11.0 Å². The van der Waals surface area contributed by atoms with Gasteiger partial charge in [0.25, 0.3) is 0 Å². The molecule has 2 aromatic heterocycles. The third kappa shape index (κ3) is 5.19. The number of nitrogens with zero attached hydrogens (tertiary/aromatic N) is 1. The number of hydrogen-bond donors (Lipinski definition) is 0. The maximum Gasteiger partial charge on any atom is 0.135 e. The number of hydrogen-bond acceptors (Lipinski definition) is 1. The summed E-state index contributed by atoms with van der Waals surface area (Å²) in [5.74, 6) is 0.201. The molecule has 1 unspecified atom stereocenters. The molecule has 0 aliphatic carbocycles. The van der Waals surface area contributed by atoms with Gasteiger partial charge in [-0.1, -0.05) is 140 Å². The molecule has 2 nitrogen and oxygen atoms in total. The van der Waals surface area contributed by atoms with E-state index in [2.05, 4.69) is 180 Å². The van der Waals surface area contributed by atoms with E-state index in [4.69, 9.17) is 4.42 Å². The van der Waals surface area contributed by atoms with Crippen LogP contribution in [0.2, 0.25) is 0 Å². The zero-order valence-corrected chi connectivity index (χ0v) is 28.2. The summed E-state index contributed by atoms with van der Waals surface area (Å²) in [6, 6.07) is 66.3. The number of benzene rings is 8. The second-order valence-corrected chi connectivity index (χ2v) is 13.7. The Morgan fingerprint density at radius 3 is 1.88 bits per heavy atom. The van der Waals surface area contributed by atoms with Crippen molar-refractivity contribution in [3.8, 4) is 16.8 Å². The van der Waals surface area contributed by atoms with Crippen LogP contribution >= 0.6 is 0 Å². The van der Waals surface area contributed by atoms with Crippen molar-refractivity contribution in [1.82, 2.24) is 4.57 Å². The molecular formula is C49H35NO. The Morgan fingerprint density at radius 1 is 0.431 bits per heavy atom. The molecule has 242 valence electrons. The van der Waals surface area contributed by atoms with Crippen molar-refractivity contribution in [2.75, 3.05) is 0 Å². The van der Waals surface area contributed by atoms with Crippen molar-refractivity contribution >= 4 is 54.5 Å². The first kappa shape index (κ1) is 29.5. The van der Waals surface area contributed by atoms with Crippen LogP contribution in [-0.2, 0) is 6.42 Å². The molecule has 2 heterocycles. The predicted octanol–water partition coefficient (Wildman–Crippen LogP) is 13.3. The first-order valence-electron chi connectivity index (χ1n) is 17.8. The van der Waals surface area contributed by atoms with Crippen LogP contribution in [0.5, 0.6) is 0 Å². The van der Waals surface area contributed by atoms with Crippen LogP contribution in [-0.4, -0.2) is 4.57 Å². The Kier molecular flexibility index (Phi) is 7.06. The molecule has 8 aromatic carbocycles. The van der Waals surface area contributed by atoms with Crippen molar-refractivity contribution < 1.29 is 4.42 Å². The number of furan rings is 1. The van der Waals surface area contributed by atoms with E-state index in [0.717, 1.165) is 24.0 Å². The summed E-state index contributed by atoms with van der Waals surface area (Å²) in [5.41, 5.74) is 12.0. The molecule has 1 atom stereocenters. The van der Waals surface area contributed by atoms with Crippen LogP contribution in [0.1, 0.15) is 29.0 Å². The summed E-state index contributed by atoms with van der Waals surface area (Å²) in [5, 5.41) is 7.42. The highest BCUT2D eigenvalue weighted by atomic mass is 16.3. The minimum Gasteiger partial charge on any atom is -0.456 e. The SMILES string of the molecule is c1ccc(-c2ccc(C(CCc3ccc4c(c3)oc3ccccc34)c3ccc4c5cc6ccccc6cc5n(-c5ccccc5)c4c3)cc2)cc1. The zero-order valence-electron chi connectivity index (χ0n) is 28.2. The molecule has 0 bridgehead atoms. The first-order chi connectivity index (χ1) is 25.3. The monoisotopic (exact) mass is 653 g/mol. The van der Waals surface area contributed by atoms with E-state index in [0.29, 0.717) is 0 Å². The average molecular weight is 654 g/mol. The van der Waals surface area contributed by atoms with Gasteiger partial charge in [0.1, 0.15) is 11.2 Å². The van der Waals surface area contributed by atoms with Gasteiger partial charge < -0.3 is 8.98 Å². The molecule has 10 rings (SSSR count). The molecule has 0 fully saturated rings. The lowest BCUT2D eigenvalue weighted by Gasteiger charge is -2.20. The van der Waals surface area contributed by atoms with E-state index < -0.39 is 0 Å². The highest BCUT2D eigenvalue weighted by molar-refractivity contribution is 6.13. The van der Waals surface area contributed by atoms with Gasteiger partial charge in [0, 0.05) is 33.2 Å². The number of rotatable bonds is 7. The third-order valence-electron chi connectivity index (χ3n) is 10.7. The summed E-state index contributed by atoms with van der Waals surface area (Å²) >= 11 is 0. The van der Waals surface area contributed by atoms with Gasteiger partial charge in [-0.2, -0.15) is 0 Å². The summed E-state index contributed by atoms with van der Waals surface area (Å²) in [6.07, 6.45) is 1.90. The lowest BCUT2D eigenvalue weighted by Crippen LogP contribution is -2.04. The fourth-order valence-corrected chi connectivity index (χ4v) is 8.09. The zero-order chi connectivity index (χ0) is 33.7. The molecule has 0 N–H and O–H groups in total. The molecule has 0 saturated heterocycles. The number of aryl methyl sites for hydroxylation is 1. The van der Waals surface area contributed by atoms with E-state index in [1.54, 1.807) is 0 Å². The molecule has 0 saturated carbocycles. The normalized spacial score (nSPS) is 12.4. The third-order valence-corrected chi connectivity index (χ3v) is 10.7. The molecule has 0 aliphatic rings. The Hall–Kier alpha value is -6.38. The molecule has 2 heteroatoms. The number of para-hydroxylation sites is 2. The van der Waals surface area contributed by atoms with Crippen LogP contribution in [0.4, 0.5) is 0 Å². The number of aromatic nitrogens is 1. The van der Waals surface area contributed by atoms with Gasteiger partial charge in [-0.25, -0.2) is 0 Å². The summed E-state index contributed by atoms with van der Waals surface area (Å²) in [6.45, 7) is 0. The Balaban J connectivity index is 1.11. The van der Waals surface area contributed by atoms with E-state index in [1.165, 1.54) is 76.9 Å². The smallest absolute Gasteiger partial charge is 0.135 e. The van der Waals surface area contributed by atoms with Gasteiger partial charge in [-0.3, -0.25) is 0 Å². The second kappa shape index (κ2) is 12.2. The minimum atomic E-state index is 0.201. The van der Waals surface area contributed by atoms with Gasteiger partial charge in [-0.15, -0.1) is 0 Å². The number of fused-ring (bicyclic) bond motifs is 7. The van der Waals surface area contributed by atoms with Crippen molar-refractivity contribution in [1.29, 1.82) is 0 Å². The van der Waals surface area contributed by atoms with Gasteiger partial charge >= 0.3 is 0 Å². The average Bonchev–Trinajstić information content (AvgIpc) is 3.72. The van der Waals surface area contributed by atoms with E-state index in [1.807, 2.05) is 6.07 Å². The van der Waals surface area contributed by atoms with E-state index in [9.17, 15) is 0 Å². The fourth-order valence-electron chi connectivity index (χ4n) is 8.09. The Morgan fingerprint density at radius 2 is 1.06 bits per heavy atom. The van der Waals surface area contributed by atoms with Crippen LogP contribution < -0.4 is 0 Å². The summed E-state index contributed by atoms with van der Waals surface area (Å²) < 4.78 is 8.73. The lowest BCUT2D eigenvalue weighted by atomic mass is 9.85. The van der Waals surface area contributed by atoms with Gasteiger partial charge in [-0.05, 0) is 93.9 Å².